The largest absolute Gasteiger partial charge is 0.496 e. The van der Waals surface area contributed by atoms with Crippen molar-refractivity contribution < 1.29 is 14.2 Å². The second-order valence-electron chi connectivity index (χ2n) is 6.38. The number of nitrogen functional groups attached to an aromatic ring is 1. The quantitative estimate of drug-likeness (QED) is 0.683. The number of fused-ring (bicyclic) bond motifs is 1. The molecule has 144 valence electrons. The molecule has 0 amide bonds. The maximum absolute atomic E-state index is 6.11. The van der Waals surface area contributed by atoms with Crippen molar-refractivity contribution in [3.8, 4) is 17.4 Å². The average Bonchev–Trinajstić information content (AvgIpc) is 2.91. The van der Waals surface area contributed by atoms with Crippen LogP contribution < -0.4 is 19.9 Å². The molecule has 27 heavy (non-hydrogen) atoms. The first-order valence-electron chi connectivity index (χ1n) is 8.97. The number of benzene rings is 1. The van der Waals surface area contributed by atoms with E-state index < -0.39 is 0 Å². The number of aryl methyl sites for hydroxylation is 2. The Balaban J connectivity index is 2.07. The summed E-state index contributed by atoms with van der Waals surface area (Å²) in [5.41, 5.74) is 10.7. The molecule has 0 aliphatic heterocycles. The number of rotatable bonds is 7. The number of hydrogen-bond donors (Lipinski definition) is 1. The minimum atomic E-state index is 0.196. The van der Waals surface area contributed by atoms with E-state index in [4.69, 9.17) is 19.9 Å². The van der Waals surface area contributed by atoms with E-state index in [2.05, 4.69) is 28.4 Å². The van der Waals surface area contributed by atoms with E-state index in [9.17, 15) is 0 Å². The van der Waals surface area contributed by atoms with Gasteiger partial charge in [0, 0.05) is 12.2 Å². The van der Waals surface area contributed by atoms with Gasteiger partial charge in [-0.05, 0) is 38.0 Å². The number of ether oxygens (including phenoxy) is 3. The topological polar surface area (TPSA) is 84.4 Å². The standard InChI is InChI=1S/C20H26N4O3/c1-6-10-24-13(3)12(2)17-18(24)19(23-20(21)22-17)27-11-14-15(25-4)8-7-9-16(14)26-5/h7-9H,6,10-11H2,1-5H3,(H2,21,22,23). The Hall–Kier alpha value is -2.96. The summed E-state index contributed by atoms with van der Waals surface area (Å²) in [4.78, 5) is 8.81. The van der Waals surface area contributed by atoms with Gasteiger partial charge in [-0.3, -0.25) is 0 Å². The van der Waals surface area contributed by atoms with Crippen molar-refractivity contribution >= 4 is 17.0 Å². The van der Waals surface area contributed by atoms with Gasteiger partial charge in [-0.1, -0.05) is 13.0 Å². The van der Waals surface area contributed by atoms with Crippen molar-refractivity contribution in [3.05, 3.63) is 35.0 Å². The average molecular weight is 370 g/mol. The summed E-state index contributed by atoms with van der Waals surface area (Å²) in [6, 6.07) is 5.62. The molecular weight excluding hydrogens is 344 g/mol. The summed E-state index contributed by atoms with van der Waals surface area (Å²) in [5, 5.41) is 0. The van der Waals surface area contributed by atoms with Crippen LogP contribution in [0, 0.1) is 13.8 Å². The third kappa shape index (κ3) is 3.37. The molecule has 7 nitrogen and oxygen atoms in total. The second kappa shape index (κ2) is 7.73. The summed E-state index contributed by atoms with van der Waals surface area (Å²) in [6.45, 7) is 7.37. The van der Waals surface area contributed by atoms with Gasteiger partial charge in [0.1, 0.15) is 29.1 Å². The van der Waals surface area contributed by atoms with E-state index in [1.54, 1.807) is 14.2 Å². The fraction of sp³-hybridized carbons (Fsp3) is 0.400. The molecule has 0 saturated heterocycles. The first kappa shape index (κ1) is 18.8. The summed E-state index contributed by atoms with van der Waals surface area (Å²) in [5.74, 6) is 2.06. The van der Waals surface area contributed by atoms with Crippen LogP contribution in [-0.2, 0) is 13.2 Å². The molecule has 3 aromatic rings. The van der Waals surface area contributed by atoms with Crippen LogP contribution in [0.15, 0.2) is 18.2 Å². The van der Waals surface area contributed by atoms with Crippen molar-refractivity contribution in [1.82, 2.24) is 14.5 Å². The Morgan fingerprint density at radius 2 is 1.74 bits per heavy atom. The normalized spacial score (nSPS) is 11.0. The molecule has 2 heterocycles. The maximum atomic E-state index is 6.11. The molecule has 0 spiro atoms. The van der Waals surface area contributed by atoms with Gasteiger partial charge in [-0.2, -0.15) is 4.98 Å². The van der Waals surface area contributed by atoms with Gasteiger partial charge in [0.15, 0.2) is 0 Å². The van der Waals surface area contributed by atoms with Gasteiger partial charge >= 0.3 is 0 Å². The van der Waals surface area contributed by atoms with Crippen LogP contribution in [0.3, 0.4) is 0 Å². The van der Waals surface area contributed by atoms with Crippen LogP contribution in [0.1, 0.15) is 30.2 Å². The molecule has 3 rings (SSSR count). The molecule has 0 aliphatic rings. The molecule has 0 fully saturated rings. The summed E-state index contributed by atoms with van der Waals surface area (Å²) < 4.78 is 19.2. The monoisotopic (exact) mass is 370 g/mol. The van der Waals surface area contributed by atoms with Gasteiger partial charge in [-0.15, -0.1) is 0 Å². The lowest BCUT2D eigenvalue weighted by molar-refractivity contribution is 0.279. The molecule has 0 atom stereocenters. The summed E-state index contributed by atoms with van der Waals surface area (Å²) in [6.07, 6.45) is 0.994. The highest BCUT2D eigenvalue weighted by molar-refractivity contribution is 5.86. The number of hydrogen-bond acceptors (Lipinski definition) is 6. The Bertz CT molecular complexity index is 944. The highest BCUT2D eigenvalue weighted by Gasteiger charge is 2.20. The Kier molecular flexibility index (Phi) is 5.39. The lowest BCUT2D eigenvalue weighted by Crippen LogP contribution is -2.07. The van der Waals surface area contributed by atoms with E-state index in [1.807, 2.05) is 25.1 Å². The van der Waals surface area contributed by atoms with E-state index in [0.29, 0.717) is 17.4 Å². The zero-order chi connectivity index (χ0) is 19.6. The predicted molar refractivity (Wildman–Crippen MR) is 106 cm³/mol. The van der Waals surface area contributed by atoms with Crippen molar-refractivity contribution in [1.29, 1.82) is 0 Å². The van der Waals surface area contributed by atoms with Crippen LogP contribution in [0.4, 0.5) is 5.95 Å². The highest BCUT2D eigenvalue weighted by Crippen LogP contribution is 2.33. The number of methoxy groups -OCH3 is 2. The molecule has 1 aromatic carbocycles. The van der Waals surface area contributed by atoms with Crippen molar-refractivity contribution in [2.45, 2.75) is 40.3 Å². The minimum Gasteiger partial charge on any atom is -0.496 e. The molecule has 0 saturated carbocycles. The zero-order valence-electron chi connectivity index (χ0n) is 16.5. The molecule has 2 aromatic heterocycles. The van der Waals surface area contributed by atoms with Crippen LogP contribution in [-0.4, -0.2) is 28.8 Å². The SMILES string of the molecule is CCCn1c(C)c(C)c2nc(N)nc(OCc3c(OC)cccc3OC)c21. The fourth-order valence-electron chi connectivity index (χ4n) is 3.31. The van der Waals surface area contributed by atoms with Crippen LogP contribution in [0.5, 0.6) is 17.4 Å². The number of nitrogens with zero attached hydrogens (tertiary/aromatic N) is 3. The van der Waals surface area contributed by atoms with E-state index in [0.717, 1.165) is 40.8 Å². The van der Waals surface area contributed by atoms with E-state index >= 15 is 0 Å². The third-order valence-corrected chi connectivity index (χ3v) is 4.77. The van der Waals surface area contributed by atoms with Crippen molar-refractivity contribution in [3.63, 3.8) is 0 Å². The fourth-order valence-corrected chi connectivity index (χ4v) is 3.31. The first-order chi connectivity index (χ1) is 13.0. The molecule has 0 radical (unpaired) electrons. The molecular formula is C20H26N4O3. The van der Waals surface area contributed by atoms with Gasteiger partial charge in [0.25, 0.3) is 0 Å². The summed E-state index contributed by atoms with van der Waals surface area (Å²) in [7, 11) is 3.25. The molecule has 0 unspecified atom stereocenters. The van der Waals surface area contributed by atoms with Gasteiger partial charge in [0.2, 0.25) is 11.8 Å². The molecule has 0 bridgehead atoms. The Morgan fingerprint density at radius 3 is 2.33 bits per heavy atom. The maximum Gasteiger partial charge on any atom is 0.243 e. The van der Waals surface area contributed by atoms with Gasteiger partial charge < -0.3 is 24.5 Å². The van der Waals surface area contributed by atoms with Crippen LogP contribution in [0.2, 0.25) is 0 Å². The van der Waals surface area contributed by atoms with Crippen molar-refractivity contribution in [2.24, 2.45) is 0 Å². The van der Waals surface area contributed by atoms with Gasteiger partial charge in [0.05, 0.1) is 19.8 Å². The molecule has 7 heteroatoms. The lowest BCUT2D eigenvalue weighted by atomic mass is 10.2. The van der Waals surface area contributed by atoms with E-state index in [-0.39, 0.29) is 12.6 Å². The third-order valence-electron chi connectivity index (χ3n) is 4.77. The smallest absolute Gasteiger partial charge is 0.243 e. The van der Waals surface area contributed by atoms with E-state index in [1.165, 1.54) is 0 Å². The highest BCUT2D eigenvalue weighted by atomic mass is 16.5. The van der Waals surface area contributed by atoms with Crippen LogP contribution in [0.25, 0.3) is 11.0 Å². The Labute approximate surface area is 159 Å². The first-order valence-corrected chi connectivity index (χ1v) is 8.97. The molecule has 2 N–H and O–H groups in total. The predicted octanol–water partition coefficient (Wildman–Crippen LogP) is 3.64. The number of anilines is 1. The number of nitrogens with two attached hydrogens (primary N) is 1. The second-order valence-corrected chi connectivity index (χ2v) is 6.38. The van der Waals surface area contributed by atoms with Gasteiger partial charge in [-0.25, -0.2) is 4.98 Å². The van der Waals surface area contributed by atoms with Crippen LogP contribution >= 0.6 is 0 Å². The molecule has 0 aliphatic carbocycles. The minimum absolute atomic E-state index is 0.196. The summed E-state index contributed by atoms with van der Waals surface area (Å²) >= 11 is 0. The zero-order valence-corrected chi connectivity index (χ0v) is 16.5. The lowest BCUT2D eigenvalue weighted by Gasteiger charge is -2.15. The number of aromatic nitrogens is 3. The van der Waals surface area contributed by atoms with Crippen molar-refractivity contribution in [2.75, 3.05) is 20.0 Å². The Morgan fingerprint density at radius 1 is 1.07 bits per heavy atom.